The summed E-state index contributed by atoms with van der Waals surface area (Å²) >= 11 is 1.57. The maximum atomic E-state index is 13.1. The minimum atomic E-state index is 0.0487. The summed E-state index contributed by atoms with van der Waals surface area (Å²) in [5.41, 5.74) is 0.935. The van der Waals surface area contributed by atoms with Crippen molar-refractivity contribution in [2.24, 2.45) is 0 Å². The zero-order valence-electron chi connectivity index (χ0n) is 16.4. The van der Waals surface area contributed by atoms with Crippen LogP contribution in [0, 0.1) is 0 Å². The number of benzene rings is 2. The smallest absolute Gasteiger partial charge is 0.232 e. The van der Waals surface area contributed by atoms with Gasteiger partial charge in [0.25, 0.3) is 0 Å². The van der Waals surface area contributed by atoms with E-state index in [4.69, 9.17) is 14.5 Å². The van der Waals surface area contributed by atoms with Crippen LogP contribution in [0.4, 0.5) is 5.13 Å². The lowest BCUT2D eigenvalue weighted by atomic mass is 10.3. The van der Waals surface area contributed by atoms with E-state index in [9.17, 15) is 4.79 Å². The van der Waals surface area contributed by atoms with Gasteiger partial charge in [-0.15, -0.1) is 0 Å². The van der Waals surface area contributed by atoms with Crippen LogP contribution in [0.1, 0.15) is 6.42 Å². The highest BCUT2D eigenvalue weighted by atomic mass is 32.1. The van der Waals surface area contributed by atoms with Crippen molar-refractivity contribution < 1.29 is 19.2 Å². The molecule has 0 bridgehead atoms. The Hall–Kier alpha value is -2.48. The van der Waals surface area contributed by atoms with Crippen molar-refractivity contribution in [3.8, 4) is 5.75 Å². The van der Waals surface area contributed by atoms with Gasteiger partial charge in [0.2, 0.25) is 5.91 Å². The summed E-state index contributed by atoms with van der Waals surface area (Å²) in [5.74, 6) is 0.831. The molecule has 3 aromatic rings. The summed E-state index contributed by atoms with van der Waals surface area (Å²) in [6.07, 6.45) is 0.323. The van der Waals surface area contributed by atoms with Crippen molar-refractivity contribution in [1.29, 1.82) is 0 Å². The van der Waals surface area contributed by atoms with Gasteiger partial charge in [0, 0.05) is 0 Å². The molecule has 1 amide bonds. The van der Waals surface area contributed by atoms with Gasteiger partial charge in [-0.1, -0.05) is 41.7 Å². The molecule has 2 heterocycles. The largest absolute Gasteiger partial charge is 0.493 e. The lowest BCUT2D eigenvalue weighted by Crippen LogP contribution is -3.14. The standard InChI is InChI=1S/C22H25N3O3S/c26-21(10-15-28-18-6-2-1-3-7-18)25(12-11-24-13-16-27-17-14-24)22-23-19-8-4-5-9-20(19)29-22/h1-9H,10-17H2/p+1. The molecule has 1 aliphatic rings. The van der Waals surface area contributed by atoms with Gasteiger partial charge < -0.3 is 14.4 Å². The van der Waals surface area contributed by atoms with Crippen LogP contribution >= 0.6 is 11.3 Å². The molecule has 4 rings (SSSR count). The van der Waals surface area contributed by atoms with Crippen LogP contribution in [0.15, 0.2) is 54.6 Å². The number of ether oxygens (including phenoxy) is 2. The third-order valence-corrected chi connectivity index (χ3v) is 6.09. The molecular weight excluding hydrogens is 386 g/mol. The molecule has 0 saturated carbocycles. The number of hydrogen-bond acceptors (Lipinski definition) is 5. The number of quaternary nitrogens is 1. The van der Waals surface area contributed by atoms with Crippen molar-refractivity contribution in [2.45, 2.75) is 6.42 Å². The van der Waals surface area contributed by atoms with Crippen LogP contribution in [0.5, 0.6) is 5.75 Å². The number of fused-ring (bicyclic) bond motifs is 1. The number of amides is 1. The molecule has 1 N–H and O–H groups in total. The van der Waals surface area contributed by atoms with E-state index in [1.165, 1.54) is 4.90 Å². The first-order chi connectivity index (χ1) is 14.3. The van der Waals surface area contributed by atoms with E-state index in [-0.39, 0.29) is 5.91 Å². The first kappa shape index (κ1) is 19.8. The number of carbonyl (C=O) groups is 1. The Balaban J connectivity index is 1.43. The molecular formula is C22H26N3O3S+. The van der Waals surface area contributed by atoms with Crippen LogP contribution in [0.25, 0.3) is 10.2 Å². The van der Waals surface area contributed by atoms with Gasteiger partial charge in [0.05, 0.1) is 49.5 Å². The topological polar surface area (TPSA) is 56.1 Å². The van der Waals surface area contributed by atoms with Crippen molar-refractivity contribution in [1.82, 2.24) is 4.98 Å². The summed E-state index contributed by atoms with van der Waals surface area (Å²) < 4.78 is 12.3. The minimum absolute atomic E-state index is 0.0487. The van der Waals surface area contributed by atoms with E-state index in [2.05, 4.69) is 0 Å². The van der Waals surface area contributed by atoms with Gasteiger partial charge in [-0.25, -0.2) is 4.98 Å². The van der Waals surface area contributed by atoms with Crippen LogP contribution in [0.3, 0.4) is 0 Å². The van der Waals surface area contributed by atoms with Crippen LogP contribution in [-0.4, -0.2) is 56.9 Å². The van der Waals surface area contributed by atoms with E-state index in [0.29, 0.717) is 19.6 Å². The second-order valence-electron chi connectivity index (χ2n) is 7.03. The number of para-hydroxylation sites is 2. The van der Waals surface area contributed by atoms with Gasteiger partial charge in [0.15, 0.2) is 5.13 Å². The monoisotopic (exact) mass is 412 g/mol. The van der Waals surface area contributed by atoms with Gasteiger partial charge in [-0.05, 0) is 24.3 Å². The second kappa shape index (κ2) is 9.82. The highest BCUT2D eigenvalue weighted by Crippen LogP contribution is 2.28. The average molecular weight is 413 g/mol. The first-order valence-electron chi connectivity index (χ1n) is 10.0. The normalized spacial score (nSPS) is 14.8. The number of rotatable bonds is 8. The maximum Gasteiger partial charge on any atom is 0.232 e. The predicted molar refractivity (Wildman–Crippen MR) is 115 cm³/mol. The van der Waals surface area contributed by atoms with Crippen molar-refractivity contribution in [3.63, 3.8) is 0 Å². The number of nitrogens with one attached hydrogen (secondary N) is 1. The summed E-state index contributed by atoms with van der Waals surface area (Å²) in [4.78, 5) is 21.1. The summed E-state index contributed by atoms with van der Waals surface area (Å²) in [5, 5.41) is 0.767. The maximum absolute atomic E-state index is 13.1. The highest BCUT2D eigenvalue weighted by molar-refractivity contribution is 7.22. The fraction of sp³-hybridized carbons (Fsp3) is 0.364. The lowest BCUT2D eigenvalue weighted by Gasteiger charge is -2.26. The molecule has 1 saturated heterocycles. The molecule has 1 aliphatic heterocycles. The van der Waals surface area contributed by atoms with Crippen LogP contribution in [-0.2, 0) is 9.53 Å². The third kappa shape index (κ3) is 5.32. The first-order valence-corrected chi connectivity index (χ1v) is 10.9. The summed E-state index contributed by atoms with van der Waals surface area (Å²) in [7, 11) is 0. The molecule has 7 heteroatoms. The number of nitrogens with zero attached hydrogens (tertiary/aromatic N) is 2. The van der Waals surface area contributed by atoms with Crippen molar-refractivity contribution in [3.05, 3.63) is 54.6 Å². The van der Waals surface area contributed by atoms with Crippen molar-refractivity contribution in [2.75, 3.05) is 50.9 Å². The van der Waals surface area contributed by atoms with Crippen LogP contribution in [0.2, 0.25) is 0 Å². The molecule has 0 aliphatic carbocycles. The summed E-state index contributed by atoms with van der Waals surface area (Å²) in [6.45, 7) is 5.45. The highest BCUT2D eigenvalue weighted by Gasteiger charge is 2.23. The quantitative estimate of drug-likeness (QED) is 0.615. The second-order valence-corrected chi connectivity index (χ2v) is 8.04. The number of morpholine rings is 1. The molecule has 2 aromatic carbocycles. The van der Waals surface area contributed by atoms with Crippen molar-refractivity contribution >= 4 is 32.6 Å². The molecule has 6 nitrogen and oxygen atoms in total. The molecule has 0 unspecified atom stereocenters. The Morgan fingerprint density at radius 3 is 2.66 bits per heavy atom. The Bertz CT molecular complexity index is 892. The van der Waals surface area contributed by atoms with E-state index in [1.807, 2.05) is 59.5 Å². The Morgan fingerprint density at radius 2 is 1.86 bits per heavy atom. The molecule has 1 aromatic heterocycles. The SMILES string of the molecule is O=C(CCOc1ccccc1)N(CC[NH+]1CCOCC1)c1nc2ccccc2s1. The molecule has 1 fully saturated rings. The lowest BCUT2D eigenvalue weighted by molar-refractivity contribution is -0.906. The predicted octanol–water partition coefficient (Wildman–Crippen LogP) is 2.01. The zero-order valence-corrected chi connectivity index (χ0v) is 17.2. The molecule has 0 radical (unpaired) electrons. The number of aromatic nitrogens is 1. The Kier molecular flexibility index (Phi) is 6.71. The molecule has 152 valence electrons. The van der Waals surface area contributed by atoms with E-state index in [0.717, 1.165) is 53.9 Å². The summed E-state index contributed by atoms with van der Waals surface area (Å²) in [6, 6.07) is 17.6. The Morgan fingerprint density at radius 1 is 1.10 bits per heavy atom. The van der Waals surface area contributed by atoms with Gasteiger partial charge in [-0.3, -0.25) is 9.69 Å². The third-order valence-electron chi connectivity index (χ3n) is 5.03. The van der Waals surface area contributed by atoms with Gasteiger partial charge in [-0.2, -0.15) is 0 Å². The number of hydrogen-bond donors (Lipinski definition) is 1. The van der Waals surface area contributed by atoms with Gasteiger partial charge >= 0.3 is 0 Å². The minimum Gasteiger partial charge on any atom is -0.493 e. The zero-order chi connectivity index (χ0) is 19.9. The fourth-order valence-electron chi connectivity index (χ4n) is 3.39. The average Bonchev–Trinajstić information content (AvgIpc) is 3.19. The molecule has 0 spiro atoms. The Labute approximate surface area is 174 Å². The molecule has 0 atom stereocenters. The number of anilines is 1. The van der Waals surface area contributed by atoms with E-state index in [1.54, 1.807) is 11.3 Å². The van der Waals surface area contributed by atoms with Crippen LogP contribution < -0.4 is 14.5 Å². The van der Waals surface area contributed by atoms with E-state index < -0.39 is 0 Å². The van der Waals surface area contributed by atoms with Gasteiger partial charge in [0.1, 0.15) is 18.8 Å². The number of carbonyl (C=O) groups excluding carboxylic acids is 1. The molecule has 29 heavy (non-hydrogen) atoms. The van der Waals surface area contributed by atoms with E-state index >= 15 is 0 Å². The number of thiazole rings is 1. The fourth-order valence-corrected chi connectivity index (χ4v) is 4.40.